The number of hydrogen-bond donors (Lipinski definition) is 1. The van der Waals surface area contributed by atoms with Crippen LogP contribution in [0.5, 0.6) is 0 Å². The van der Waals surface area contributed by atoms with Crippen LogP contribution < -0.4 is 5.73 Å². The van der Waals surface area contributed by atoms with Crippen molar-refractivity contribution in [3.05, 3.63) is 0 Å². The first-order valence-corrected chi connectivity index (χ1v) is 3.50. The van der Waals surface area contributed by atoms with Crippen LogP contribution in [0.1, 0.15) is 27.2 Å². The van der Waals surface area contributed by atoms with Crippen LogP contribution in [0.2, 0.25) is 0 Å². The highest BCUT2D eigenvalue weighted by molar-refractivity contribution is 5.79. The Morgan fingerprint density at radius 3 is 2.40 bits per heavy atom. The van der Waals surface area contributed by atoms with Gasteiger partial charge in [-0.2, -0.15) is 0 Å². The molecular formula is C7H15NO2. The molecule has 3 nitrogen and oxygen atoms in total. The Morgan fingerprint density at radius 2 is 2.10 bits per heavy atom. The summed E-state index contributed by atoms with van der Waals surface area (Å²) in [4.78, 5) is 10.9. The van der Waals surface area contributed by atoms with Crippen molar-refractivity contribution < 1.29 is 9.53 Å². The van der Waals surface area contributed by atoms with Gasteiger partial charge < -0.3 is 10.5 Å². The molecule has 0 rings (SSSR count). The second-order valence-electron chi connectivity index (χ2n) is 2.49. The van der Waals surface area contributed by atoms with Gasteiger partial charge in [0.05, 0.1) is 6.61 Å². The number of carbonyl (C=O) groups is 1. The van der Waals surface area contributed by atoms with Gasteiger partial charge >= 0.3 is 5.97 Å². The van der Waals surface area contributed by atoms with E-state index in [1.165, 1.54) is 0 Å². The summed E-state index contributed by atoms with van der Waals surface area (Å²) in [6.07, 6.45) is 0.603. The summed E-state index contributed by atoms with van der Waals surface area (Å²) in [5.74, 6) is -0.322. The first-order valence-electron chi connectivity index (χ1n) is 3.50. The normalized spacial score (nSPS) is 16.0. The number of nitrogens with two attached hydrogens (primary N) is 1. The van der Waals surface area contributed by atoms with Gasteiger partial charge in [-0.05, 0) is 20.3 Å². The van der Waals surface area contributed by atoms with Gasteiger partial charge in [-0.25, -0.2) is 0 Å². The molecule has 0 aromatic carbocycles. The molecule has 0 saturated carbocycles. The van der Waals surface area contributed by atoms with Gasteiger partial charge in [-0.3, -0.25) is 4.79 Å². The van der Waals surface area contributed by atoms with E-state index in [4.69, 9.17) is 10.5 Å². The molecule has 0 saturated heterocycles. The second-order valence-corrected chi connectivity index (χ2v) is 2.49. The molecule has 60 valence electrons. The molecule has 0 radical (unpaired) electrons. The van der Waals surface area contributed by atoms with Gasteiger partial charge in [-0.15, -0.1) is 0 Å². The molecule has 0 amide bonds. The van der Waals surface area contributed by atoms with Crippen molar-refractivity contribution in [2.75, 3.05) is 6.61 Å². The lowest BCUT2D eigenvalue weighted by atomic mass is 10.0. The predicted octanol–water partition coefficient (Wildman–Crippen LogP) is 0.677. The van der Waals surface area contributed by atoms with Crippen LogP contribution >= 0.6 is 0 Å². The van der Waals surface area contributed by atoms with Crippen molar-refractivity contribution in [1.82, 2.24) is 0 Å². The molecule has 3 heteroatoms. The predicted molar refractivity (Wildman–Crippen MR) is 39.5 cm³/mol. The van der Waals surface area contributed by atoms with Crippen molar-refractivity contribution >= 4 is 5.97 Å². The molecule has 0 bridgehead atoms. The van der Waals surface area contributed by atoms with Gasteiger partial charge in [0.1, 0.15) is 5.54 Å². The van der Waals surface area contributed by atoms with E-state index in [1.807, 2.05) is 6.92 Å². The van der Waals surface area contributed by atoms with Crippen LogP contribution in [0, 0.1) is 0 Å². The lowest BCUT2D eigenvalue weighted by Gasteiger charge is -2.19. The third-order valence-corrected chi connectivity index (χ3v) is 1.48. The first-order chi connectivity index (χ1) is 4.54. The minimum absolute atomic E-state index is 0.322. The van der Waals surface area contributed by atoms with Crippen molar-refractivity contribution in [1.29, 1.82) is 0 Å². The van der Waals surface area contributed by atoms with Crippen LogP contribution in [0.4, 0.5) is 0 Å². The first kappa shape index (κ1) is 9.43. The van der Waals surface area contributed by atoms with Crippen molar-refractivity contribution in [3.63, 3.8) is 0 Å². The fourth-order valence-corrected chi connectivity index (χ4v) is 0.440. The molecule has 0 unspecified atom stereocenters. The Morgan fingerprint density at radius 1 is 1.60 bits per heavy atom. The van der Waals surface area contributed by atoms with E-state index >= 15 is 0 Å². The van der Waals surface area contributed by atoms with E-state index in [1.54, 1.807) is 13.8 Å². The lowest BCUT2D eigenvalue weighted by Crippen LogP contribution is -2.45. The number of esters is 1. The molecule has 0 aliphatic rings. The Bertz CT molecular complexity index is 121. The van der Waals surface area contributed by atoms with Gasteiger partial charge in [-0.1, -0.05) is 6.92 Å². The summed E-state index contributed by atoms with van der Waals surface area (Å²) in [5, 5.41) is 0. The van der Waals surface area contributed by atoms with E-state index < -0.39 is 5.54 Å². The van der Waals surface area contributed by atoms with Gasteiger partial charge in [0.2, 0.25) is 0 Å². The number of rotatable bonds is 3. The van der Waals surface area contributed by atoms with Crippen LogP contribution in [0.25, 0.3) is 0 Å². The minimum atomic E-state index is -0.810. The summed E-state index contributed by atoms with van der Waals surface area (Å²) in [5.41, 5.74) is 4.76. The zero-order valence-corrected chi connectivity index (χ0v) is 6.81. The topological polar surface area (TPSA) is 52.3 Å². The fourth-order valence-electron chi connectivity index (χ4n) is 0.440. The number of carbonyl (C=O) groups excluding carboxylic acids is 1. The summed E-state index contributed by atoms with van der Waals surface area (Å²) >= 11 is 0. The molecule has 10 heavy (non-hydrogen) atoms. The third-order valence-electron chi connectivity index (χ3n) is 1.48. The molecule has 0 heterocycles. The molecule has 0 fully saturated rings. The van der Waals surface area contributed by atoms with Crippen molar-refractivity contribution in [2.24, 2.45) is 5.73 Å². The Hall–Kier alpha value is -0.570. The lowest BCUT2D eigenvalue weighted by molar-refractivity contribution is -0.149. The molecule has 0 spiro atoms. The SMILES string of the molecule is CCOC(=O)[C@@](C)(N)CC. The summed E-state index contributed by atoms with van der Waals surface area (Å²) in [6.45, 7) is 5.69. The van der Waals surface area contributed by atoms with E-state index in [0.717, 1.165) is 0 Å². The standard InChI is InChI=1S/C7H15NO2/c1-4-7(3,8)6(9)10-5-2/h4-5,8H2,1-3H3/t7-/m0/s1. The van der Waals surface area contributed by atoms with Crippen LogP contribution in [-0.2, 0) is 9.53 Å². The van der Waals surface area contributed by atoms with E-state index in [-0.39, 0.29) is 5.97 Å². The molecule has 0 aromatic heterocycles. The van der Waals surface area contributed by atoms with Crippen LogP contribution in [0.3, 0.4) is 0 Å². The zero-order valence-electron chi connectivity index (χ0n) is 6.81. The zero-order chi connectivity index (χ0) is 8.20. The highest BCUT2D eigenvalue weighted by Crippen LogP contribution is 2.06. The molecular weight excluding hydrogens is 130 g/mol. The molecule has 0 aliphatic carbocycles. The minimum Gasteiger partial charge on any atom is -0.465 e. The highest BCUT2D eigenvalue weighted by Gasteiger charge is 2.26. The van der Waals surface area contributed by atoms with E-state index in [2.05, 4.69) is 0 Å². The average Bonchev–Trinajstić information content (AvgIpc) is 1.89. The van der Waals surface area contributed by atoms with Crippen molar-refractivity contribution in [2.45, 2.75) is 32.7 Å². The highest BCUT2D eigenvalue weighted by atomic mass is 16.5. The smallest absolute Gasteiger partial charge is 0.325 e. The summed E-state index contributed by atoms with van der Waals surface area (Å²) in [6, 6.07) is 0. The maximum atomic E-state index is 10.9. The fraction of sp³-hybridized carbons (Fsp3) is 0.857. The Labute approximate surface area is 61.5 Å². The monoisotopic (exact) mass is 145 g/mol. The van der Waals surface area contributed by atoms with Gasteiger partial charge in [0, 0.05) is 0 Å². The van der Waals surface area contributed by atoms with Gasteiger partial charge in [0.15, 0.2) is 0 Å². The molecule has 1 atom stereocenters. The van der Waals surface area contributed by atoms with Crippen LogP contribution in [0.15, 0.2) is 0 Å². The van der Waals surface area contributed by atoms with Crippen LogP contribution in [-0.4, -0.2) is 18.1 Å². The third kappa shape index (κ3) is 2.35. The van der Waals surface area contributed by atoms with E-state index in [9.17, 15) is 4.79 Å². The number of ether oxygens (including phenoxy) is 1. The van der Waals surface area contributed by atoms with Crippen molar-refractivity contribution in [3.8, 4) is 0 Å². The Balaban J connectivity index is 3.91. The quantitative estimate of drug-likeness (QED) is 0.594. The maximum absolute atomic E-state index is 10.9. The van der Waals surface area contributed by atoms with Gasteiger partial charge in [0.25, 0.3) is 0 Å². The maximum Gasteiger partial charge on any atom is 0.325 e. The number of hydrogen-bond acceptors (Lipinski definition) is 3. The largest absolute Gasteiger partial charge is 0.465 e. The molecule has 2 N–H and O–H groups in total. The van der Waals surface area contributed by atoms with E-state index in [0.29, 0.717) is 13.0 Å². The summed E-state index contributed by atoms with van der Waals surface area (Å²) < 4.78 is 4.73. The summed E-state index contributed by atoms with van der Waals surface area (Å²) in [7, 11) is 0. The molecule has 0 aromatic rings. The second kappa shape index (κ2) is 3.56. The molecule has 0 aliphatic heterocycles. The Kier molecular flexibility index (Phi) is 3.36. The average molecular weight is 145 g/mol.